The number of nitrogens with one attached hydrogen (secondary N) is 2. The van der Waals surface area contributed by atoms with Crippen molar-refractivity contribution in [2.45, 2.75) is 6.92 Å². The predicted octanol–water partition coefficient (Wildman–Crippen LogP) is -0.978. The molecule has 0 spiro atoms. The molecule has 5 heteroatoms. The third-order valence-electron chi connectivity index (χ3n) is 1.23. The third kappa shape index (κ3) is 1.49. The van der Waals surface area contributed by atoms with Gasteiger partial charge < -0.3 is 15.7 Å². The summed E-state index contributed by atoms with van der Waals surface area (Å²) in [6.07, 6.45) is 0. The van der Waals surface area contributed by atoms with Crippen molar-refractivity contribution in [1.82, 2.24) is 10.6 Å². The second-order valence-electron chi connectivity index (χ2n) is 2.19. The number of aliphatic hydroxyl groups excluding tert-OH is 1. The number of amides is 2. The molecule has 0 aromatic rings. The molecule has 2 amide bonds. The van der Waals surface area contributed by atoms with Crippen molar-refractivity contribution in [2.24, 2.45) is 0 Å². The average Bonchev–Trinajstić information content (AvgIpc) is 2.18. The molecule has 0 saturated heterocycles. The van der Waals surface area contributed by atoms with Gasteiger partial charge in [0.05, 0.1) is 6.54 Å². The van der Waals surface area contributed by atoms with Crippen LogP contribution in [0.3, 0.4) is 0 Å². The van der Waals surface area contributed by atoms with E-state index in [0.29, 0.717) is 0 Å². The number of hydrogen-bond acceptors (Lipinski definition) is 3. The van der Waals surface area contributed by atoms with Gasteiger partial charge in [-0.15, -0.1) is 0 Å². The van der Waals surface area contributed by atoms with Crippen molar-refractivity contribution >= 4 is 11.8 Å². The summed E-state index contributed by atoms with van der Waals surface area (Å²) in [5.74, 6) is -0.938. The van der Waals surface area contributed by atoms with E-state index in [2.05, 4.69) is 10.6 Å². The predicted molar refractivity (Wildman–Crippen MR) is 36.5 cm³/mol. The van der Waals surface area contributed by atoms with Crippen molar-refractivity contribution < 1.29 is 14.7 Å². The molecular weight excluding hydrogens is 148 g/mol. The summed E-state index contributed by atoms with van der Waals surface area (Å²) < 4.78 is 0. The van der Waals surface area contributed by atoms with Crippen LogP contribution in [-0.2, 0) is 9.59 Å². The van der Waals surface area contributed by atoms with Gasteiger partial charge in [-0.1, -0.05) is 0 Å². The summed E-state index contributed by atoms with van der Waals surface area (Å²) in [6.45, 7) is 1.36. The minimum atomic E-state index is -0.447. The molecule has 0 atom stereocenters. The summed E-state index contributed by atoms with van der Waals surface area (Å²) in [5, 5.41) is 13.6. The van der Waals surface area contributed by atoms with Gasteiger partial charge in [-0.25, -0.2) is 0 Å². The Morgan fingerprint density at radius 3 is 2.73 bits per heavy atom. The van der Waals surface area contributed by atoms with Crippen molar-refractivity contribution in [3.8, 4) is 0 Å². The van der Waals surface area contributed by atoms with E-state index >= 15 is 0 Å². The Bertz CT molecular complexity index is 244. The number of carbonyl (C=O) groups excluding carboxylic acids is 2. The summed E-state index contributed by atoms with van der Waals surface area (Å²) in [4.78, 5) is 21.2. The third-order valence-corrected chi connectivity index (χ3v) is 1.23. The number of hydrogen-bond donors (Lipinski definition) is 3. The first kappa shape index (κ1) is 7.59. The Morgan fingerprint density at radius 1 is 1.73 bits per heavy atom. The Balaban J connectivity index is 2.75. The molecule has 3 N–H and O–H groups in total. The van der Waals surface area contributed by atoms with E-state index in [1.165, 1.54) is 6.92 Å². The molecule has 1 aliphatic heterocycles. The standard InChI is InChI=1S/C6H8N2O3/c1-3(9)8-5-4(10)2-7-6(5)11/h10H,2H2,1H3,(H,7,11)(H,8,9). The lowest BCUT2D eigenvalue weighted by atomic mass is 10.4. The molecule has 0 radical (unpaired) electrons. The Morgan fingerprint density at radius 2 is 2.36 bits per heavy atom. The van der Waals surface area contributed by atoms with Gasteiger partial charge in [0.15, 0.2) is 0 Å². The molecule has 5 nitrogen and oxygen atoms in total. The van der Waals surface area contributed by atoms with Crippen LogP contribution in [0.4, 0.5) is 0 Å². The Labute approximate surface area is 63.1 Å². The molecule has 0 aliphatic carbocycles. The zero-order valence-electron chi connectivity index (χ0n) is 5.97. The van der Waals surface area contributed by atoms with Gasteiger partial charge in [0, 0.05) is 6.92 Å². The van der Waals surface area contributed by atoms with Crippen LogP contribution in [0.1, 0.15) is 6.92 Å². The lowest BCUT2D eigenvalue weighted by Gasteiger charge is -1.98. The molecule has 60 valence electrons. The van der Waals surface area contributed by atoms with Gasteiger partial charge in [-0.3, -0.25) is 9.59 Å². The van der Waals surface area contributed by atoms with E-state index in [1.54, 1.807) is 0 Å². The minimum Gasteiger partial charge on any atom is -0.508 e. The fourth-order valence-electron chi connectivity index (χ4n) is 0.777. The lowest BCUT2D eigenvalue weighted by molar-refractivity contribution is -0.122. The molecule has 1 heterocycles. The smallest absolute Gasteiger partial charge is 0.271 e. The van der Waals surface area contributed by atoms with Crippen LogP contribution in [-0.4, -0.2) is 23.5 Å². The second kappa shape index (κ2) is 2.61. The first-order valence-corrected chi connectivity index (χ1v) is 3.09. The fraction of sp³-hybridized carbons (Fsp3) is 0.333. The number of carbonyl (C=O) groups is 2. The molecule has 0 unspecified atom stereocenters. The minimum absolute atomic E-state index is 0.0440. The maximum absolute atomic E-state index is 10.8. The SMILES string of the molecule is CC(=O)NC1=C(O)CNC1=O. The van der Waals surface area contributed by atoms with Crippen LogP contribution in [0, 0.1) is 0 Å². The van der Waals surface area contributed by atoms with Crippen LogP contribution < -0.4 is 10.6 Å². The largest absolute Gasteiger partial charge is 0.508 e. The molecule has 1 rings (SSSR count). The Kier molecular flexibility index (Phi) is 1.80. The highest BCUT2D eigenvalue weighted by Gasteiger charge is 2.22. The highest BCUT2D eigenvalue weighted by molar-refractivity contribution is 5.99. The zero-order valence-corrected chi connectivity index (χ0v) is 5.97. The molecular formula is C6H8N2O3. The summed E-state index contributed by atoms with van der Waals surface area (Å²) in [5.41, 5.74) is -0.0440. The van der Waals surface area contributed by atoms with E-state index < -0.39 is 5.91 Å². The number of rotatable bonds is 1. The van der Waals surface area contributed by atoms with Crippen molar-refractivity contribution in [2.75, 3.05) is 6.54 Å². The normalized spacial score (nSPS) is 16.6. The molecule has 0 saturated carbocycles. The van der Waals surface area contributed by atoms with Gasteiger partial charge >= 0.3 is 0 Å². The van der Waals surface area contributed by atoms with E-state index in [9.17, 15) is 9.59 Å². The topological polar surface area (TPSA) is 78.4 Å². The highest BCUT2D eigenvalue weighted by atomic mass is 16.3. The van der Waals surface area contributed by atoms with E-state index in [1.807, 2.05) is 0 Å². The number of aliphatic hydroxyl groups is 1. The van der Waals surface area contributed by atoms with Crippen molar-refractivity contribution in [3.63, 3.8) is 0 Å². The van der Waals surface area contributed by atoms with E-state index in [4.69, 9.17) is 5.11 Å². The van der Waals surface area contributed by atoms with E-state index in [-0.39, 0.29) is 23.9 Å². The first-order valence-electron chi connectivity index (χ1n) is 3.09. The quantitative estimate of drug-likeness (QED) is 0.456. The zero-order chi connectivity index (χ0) is 8.43. The molecule has 0 fully saturated rings. The summed E-state index contributed by atoms with van der Waals surface area (Å²) in [7, 11) is 0. The van der Waals surface area contributed by atoms with Crippen LogP contribution in [0.25, 0.3) is 0 Å². The maximum atomic E-state index is 10.8. The summed E-state index contributed by atoms with van der Waals surface area (Å²) in [6, 6.07) is 0. The van der Waals surface area contributed by atoms with Crippen LogP contribution >= 0.6 is 0 Å². The van der Waals surface area contributed by atoms with Gasteiger partial charge in [-0.05, 0) is 0 Å². The molecule has 1 aliphatic rings. The first-order chi connectivity index (χ1) is 5.11. The van der Waals surface area contributed by atoms with Gasteiger partial charge in [-0.2, -0.15) is 0 Å². The average molecular weight is 156 g/mol. The molecule has 0 aromatic heterocycles. The van der Waals surface area contributed by atoms with Gasteiger partial charge in [0.2, 0.25) is 5.91 Å². The van der Waals surface area contributed by atoms with Gasteiger partial charge in [0.1, 0.15) is 11.5 Å². The van der Waals surface area contributed by atoms with Gasteiger partial charge in [0.25, 0.3) is 5.91 Å². The molecule has 0 bridgehead atoms. The fourth-order valence-corrected chi connectivity index (χ4v) is 0.777. The highest BCUT2D eigenvalue weighted by Crippen LogP contribution is 2.03. The molecule has 11 heavy (non-hydrogen) atoms. The van der Waals surface area contributed by atoms with E-state index in [0.717, 1.165) is 0 Å². The monoisotopic (exact) mass is 156 g/mol. The molecule has 0 aromatic carbocycles. The summed E-state index contributed by atoms with van der Waals surface area (Å²) >= 11 is 0. The van der Waals surface area contributed by atoms with Crippen LogP contribution in [0.15, 0.2) is 11.5 Å². The van der Waals surface area contributed by atoms with Crippen LogP contribution in [0.2, 0.25) is 0 Å². The van der Waals surface area contributed by atoms with Crippen LogP contribution in [0.5, 0.6) is 0 Å². The Hall–Kier alpha value is -1.52. The maximum Gasteiger partial charge on any atom is 0.271 e. The second-order valence-corrected chi connectivity index (χ2v) is 2.19. The van der Waals surface area contributed by atoms with Crippen molar-refractivity contribution in [3.05, 3.63) is 11.5 Å². The lowest BCUT2D eigenvalue weighted by Crippen LogP contribution is -2.28. The van der Waals surface area contributed by atoms with Crippen molar-refractivity contribution in [1.29, 1.82) is 0 Å².